The molecule has 1 aromatic carbocycles. The second-order valence-corrected chi connectivity index (χ2v) is 7.55. The number of fused-ring (bicyclic) bond motifs is 1. The monoisotopic (exact) mass is 384 g/mol. The normalized spacial score (nSPS) is 15.1. The third-order valence-corrected chi connectivity index (χ3v) is 5.48. The summed E-state index contributed by atoms with van der Waals surface area (Å²) in [6.07, 6.45) is 6.04. The first-order chi connectivity index (χ1) is 14.3. The molecule has 0 saturated carbocycles. The number of ether oxygens (including phenoxy) is 1. The summed E-state index contributed by atoms with van der Waals surface area (Å²) in [5, 5.41) is 0. The van der Waals surface area contributed by atoms with Crippen molar-refractivity contribution in [2.75, 3.05) is 26.3 Å². The minimum Gasteiger partial charge on any atom is -0.379 e. The van der Waals surface area contributed by atoms with E-state index in [4.69, 9.17) is 9.72 Å². The maximum atomic E-state index is 5.48. The van der Waals surface area contributed by atoms with Crippen LogP contribution in [0.1, 0.15) is 11.3 Å². The van der Waals surface area contributed by atoms with Gasteiger partial charge in [0.05, 0.1) is 30.8 Å². The van der Waals surface area contributed by atoms with Gasteiger partial charge >= 0.3 is 0 Å². The van der Waals surface area contributed by atoms with Crippen molar-refractivity contribution in [1.29, 1.82) is 0 Å². The fourth-order valence-corrected chi connectivity index (χ4v) is 3.96. The molecule has 1 saturated heterocycles. The smallest absolute Gasteiger partial charge is 0.136 e. The average Bonchev–Trinajstić information content (AvgIpc) is 3.16. The number of hydrogen-bond donors (Lipinski definition) is 0. The number of benzene rings is 1. The summed E-state index contributed by atoms with van der Waals surface area (Å²) in [7, 11) is 0. The molecular weight excluding hydrogens is 360 g/mol. The molecule has 1 fully saturated rings. The molecule has 0 unspecified atom stereocenters. The molecule has 1 aliphatic rings. The summed E-state index contributed by atoms with van der Waals surface area (Å²) in [5.41, 5.74) is 7.82. The van der Waals surface area contributed by atoms with E-state index in [9.17, 15) is 0 Å². The van der Waals surface area contributed by atoms with Crippen LogP contribution in [0.15, 0.2) is 67.1 Å². The Kier molecular flexibility index (Phi) is 4.84. The lowest BCUT2D eigenvalue weighted by Gasteiger charge is -2.26. The molecule has 0 aliphatic carbocycles. The summed E-state index contributed by atoms with van der Waals surface area (Å²) < 4.78 is 7.68. The highest BCUT2D eigenvalue weighted by atomic mass is 16.5. The maximum Gasteiger partial charge on any atom is 0.136 e. The molecule has 0 radical (unpaired) electrons. The third kappa shape index (κ3) is 3.67. The summed E-state index contributed by atoms with van der Waals surface area (Å²) in [4.78, 5) is 11.7. The zero-order chi connectivity index (χ0) is 19.6. The van der Waals surface area contributed by atoms with Crippen molar-refractivity contribution in [2.45, 2.75) is 13.5 Å². The maximum absolute atomic E-state index is 5.48. The van der Waals surface area contributed by atoms with Crippen molar-refractivity contribution < 1.29 is 4.74 Å². The van der Waals surface area contributed by atoms with Crippen LogP contribution in [0.25, 0.3) is 28.0 Å². The molecule has 4 aromatic rings. The Morgan fingerprint density at radius 2 is 1.86 bits per heavy atom. The van der Waals surface area contributed by atoms with Crippen molar-refractivity contribution in [3.05, 3.63) is 78.4 Å². The molecule has 5 heteroatoms. The topological polar surface area (TPSA) is 42.7 Å². The molecule has 29 heavy (non-hydrogen) atoms. The van der Waals surface area contributed by atoms with Crippen LogP contribution in [-0.4, -0.2) is 45.6 Å². The number of rotatable bonds is 4. The van der Waals surface area contributed by atoms with Gasteiger partial charge in [-0.25, -0.2) is 4.98 Å². The Balaban J connectivity index is 1.55. The lowest BCUT2D eigenvalue weighted by Crippen LogP contribution is -2.35. The average molecular weight is 384 g/mol. The van der Waals surface area contributed by atoms with E-state index in [1.165, 1.54) is 11.3 Å². The SMILES string of the molecule is Cc1cccc(-c2ncccc2-c2ccc3ncc(CN4CCOCC4)n3c2)c1. The van der Waals surface area contributed by atoms with Crippen molar-refractivity contribution in [2.24, 2.45) is 0 Å². The third-order valence-electron chi connectivity index (χ3n) is 5.48. The molecule has 0 amide bonds. The van der Waals surface area contributed by atoms with Crippen molar-refractivity contribution in [3.63, 3.8) is 0 Å². The standard InChI is InChI=1S/C24H24N4O/c1-18-4-2-5-19(14-18)24-22(6-3-9-25-24)20-7-8-23-26-15-21(28(23)16-20)17-27-10-12-29-13-11-27/h2-9,14-16H,10-13,17H2,1H3. The fraction of sp³-hybridized carbons (Fsp3) is 0.250. The highest BCUT2D eigenvalue weighted by Crippen LogP contribution is 2.31. The van der Waals surface area contributed by atoms with E-state index < -0.39 is 0 Å². The van der Waals surface area contributed by atoms with E-state index in [-0.39, 0.29) is 0 Å². The molecule has 146 valence electrons. The predicted octanol–water partition coefficient (Wildman–Crippen LogP) is 4.20. The van der Waals surface area contributed by atoms with Gasteiger partial charge in [-0.2, -0.15) is 0 Å². The minimum absolute atomic E-state index is 0.803. The molecule has 5 rings (SSSR count). The van der Waals surface area contributed by atoms with Crippen LogP contribution in [0.2, 0.25) is 0 Å². The van der Waals surface area contributed by atoms with Gasteiger partial charge in [0.15, 0.2) is 0 Å². The second-order valence-electron chi connectivity index (χ2n) is 7.55. The Bertz CT molecular complexity index is 1140. The first-order valence-electron chi connectivity index (χ1n) is 10.1. The van der Waals surface area contributed by atoms with Gasteiger partial charge in [-0.05, 0) is 31.2 Å². The number of morpholine rings is 1. The van der Waals surface area contributed by atoms with Gasteiger partial charge in [-0.15, -0.1) is 0 Å². The number of aromatic nitrogens is 3. The van der Waals surface area contributed by atoms with Crippen LogP contribution in [-0.2, 0) is 11.3 Å². The zero-order valence-electron chi connectivity index (χ0n) is 16.6. The van der Waals surface area contributed by atoms with Crippen LogP contribution in [0.3, 0.4) is 0 Å². The van der Waals surface area contributed by atoms with Gasteiger partial charge in [-0.1, -0.05) is 29.8 Å². The highest BCUT2D eigenvalue weighted by Gasteiger charge is 2.15. The number of pyridine rings is 2. The minimum atomic E-state index is 0.803. The van der Waals surface area contributed by atoms with Gasteiger partial charge in [0, 0.05) is 48.7 Å². The molecule has 1 aliphatic heterocycles. The molecule has 0 spiro atoms. The molecule has 0 atom stereocenters. The fourth-order valence-electron chi connectivity index (χ4n) is 3.96. The van der Waals surface area contributed by atoms with E-state index in [1.54, 1.807) is 0 Å². The van der Waals surface area contributed by atoms with Crippen molar-refractivity contribution in [3.8, 4) is 22.4 Å². The van der Waals surface area contributed by atoms with Crippen LogP contribution < -0.4 is 0 Å². The number of aryl methyl sites for hydroxylation is 1. The second kappa shape index (κ2) is 7.78. The van der Waals surface area contributed by atoms with E-state index in [1.807, 2.05) is 18.5 Å². The largest absolute Gasteiger partial charge is 0.379 e. The van der Waals surface area contributed by atoms with Gasteiger partial charge in [0.2, 0.25) is 0 Å². The molecule has 0 bridgehead atoms. The summed E-state index contributed by atoms with van der Waals surface area (Å²) in [6, 6.07) is 16.9. The number of imidazole rings is 1. The van der Waals surface area contributed by atoms with Crippen LogP contribution >= 0.6 is 0 Å². The first-order valence-corrected chi connectivity index (χ1v) is 10.1. The predicted molar refractivity (Wildman–Crippen MR) is 115 cm³/mol. The number of hydrogen-bond acceptors (Lipinski definition) is 4. The molecule has 0 N–H and O–H groups in total. The van der Waals surface area contributed by atoms with Gasteiger partial charge < -0.3 is 9.14 Å². The summed E-state index contributed by atoms with van der Waals surface area (Å²) in [6.45, 7) is 6.53. The highest BCUT2D eigenvalue weighted by molar-refractivity contribution is 5.81. The summed E-state index contributed by atoms with van der Waals surface area (Å²) in [5.74, 6) is 0. The van der Waals surface area contributed by atoms with Crippen molar-refractivity contribution in [1.82, 2.24) is 19.3 Å². The summed E-state index contributed by atoms with van der Waals surface area (Å²) >= 11 is 0. The van der Waals surface area contributed by atoms with Crippen LogP contribution in [0.4, 0.5) is 0 Å². The van der Waals surface area contributed by atoms with Gasteiger partial charge in [0.1, 0.15) is 5.65 Å². The lowest BCUT2D eigenvalue weighted by molar-refractivity contribution is 0.0335. The quantitative estimate of drug-likeness (QED) is 0.529. The molecule has 5 nitrogen and oxygen atoms in total. The van der Waals surface area contributed by atoms with Crippen molar-refractivity contribution >= 4 is 5.65 Å². The molecular formula is C24H24N4O. The van der Waals surface area contributed by atoms with E-state index in [2.05, 4.69) is 69.9 Å². The Morgan fingerprint density at radius 1 is 0.966 bits per heavy atom. The van der Waals surface area contributed by atoms with Gasteiger partial charge in [0.25, 0.3) is 0 Å². The lowest BCUT2D eigenvalue weighted by atomic mass is 9.99. The van der Waals surface area contributed by atoms with E-state index in [0.29, 0.717) is 0 Å². The number of nitrogens with zero attached hydrogens (tertiary/aromatic N) is 4. The van der Waals surface area contributed by atoms with Crippen LogP contribution in [0, 0.1) is 6.92 Å². The first kappa shape index (κ1) is 18.0. The van der Waals surface area contributed by atoms with E-state index >= 15 is 0 Å². The Hall–Kier alpha value is -3.02. The van der Waals surface area contributed by atoms with Crippen LogP contribution in [0.5, 0.6) is 0 Å². The molecule has 3 aromatic heterocycles. The van der Waals surface area contributed by atoms with E-state index in [0.717, 1.165) is 60.9 Å². The Morgan fingerprint density at radius 3 is 2.72 bits per heavy atom. The van der Waals surface area contributed by atoms with Gasteiger partial charge in [-0.3, -0.25) is 9.88 Å². The zero-order valence-corrected chi connectivity index (χ0v) is 16.6. The Labute approximate surface area is 170 Å². The molecule has 4 heterocycles.